The number of methoxy groups -OCH3 is 1. The van der Waals surface area contributed by atoms with Crippen molar-refractivity contribution in [1.82, 2.24) is 0 Å². The molecule has 28 heavy (non-hydrogen) atoms. The molecule has 0 spiro atoms. The summed E-state index contributed by atoms with van der Waals surface area (Å²) in [5, 5.41) is 0.809. The molecule has 2 aliphatic rings. The summed E-state index contributed by atoms with van der Waals surface area (Å²) >= 11 is 1.63. The fraction of sp³-hybridized carbons (Fsp3) is 0.391. The maximum absolute atomic E-state index is 14.8. The molecule has 0 aromatic heterocycles. The number of carbonyl (C=O) groups excluding carboxylic acids is 1. The van der Waals surface area contributed by atoms with Gasteiger partial charge in [-0.2, -0.15) is 0 Å². The topological polar surface area (TPSA) is 38.7 Å². The maximum atomic E-state index is 14.8. The van der Waals surface area contributed by atoms with E-state index in [2.05, 4.69) is 0 Å². The van der Waals surface area contributed by atoms with Crippen molar-refractivity contribution in [3.8, 4) is 0 Å². The zero-order valence-corrected chi connectivity index (χ0v) is 16.8. The van der Waals surface area contributed by atoms with Crippen LogP contribution in [-0.4, -0.2) is 29.8 Å². The Morgan fingerprint density at radius 3 is 2.71 bits per heavy atom. The van der Waals surface area contributed by atoms with Gasteiger partial charge in [0.05, 0.1) is 23.1 Å². The number of hydrogen-bond acceptors (Lipinski definition) is 4. The molecule has 0 radical (unpaired) electrons. The van der Waals surface area contributed by atoms with E-state index in [0.717, 1.165) is 30.1 Å². The molecular weight excluding hydrogens is 373 g/mol. The van der Waals surface area contributed by atoms with Crippen LogP contribution in [0.5, 0.6) is 0 Å². The molecule has 0 amide bonds. The van der Waals surface area contributed by atoms with E-state index in [0.29, 0.717) is 11.1 Å². The zero-order chi connectivity index (χ0) is 19.6. The number of fused-ring (bicyclic) bond motifs is 1. The lowest BCUT2D eigenvalue weighted by atomic mass is 9.68. The fourth-order valence-corrected chi connectivity index (χ4v) is 5.68. The Kier molecular flexibility index (Phi) is 5.65. The molecule has 1 aliphatic carbocycles. The minimum absolute atomic E-state index is 0.0551. The lowest BCUT2D eigenvalue weighted by molar-refractivity contribution is 0.0229. The summed E-state index contributed by atoms with van der Waals surface area (Å²) in [5.41, 5.74) is 0.744. The highest BCUT2D eigenvalue weighted by Crippen LogP contribution is 2.50. The van der Waals surface area contributed by atoms with Crippen LogP contribution in [0.15, 0.2) is 59.6 Å². The highest BCUT2D eigenvalue weighted by molar-refractivity contribution is 8.14. The molecule has 3 nitrogen and oxygen atoms in total. The Morgan fingerprint density at radius 2 is 1.96 bits per heavy atom. The second kappa shape index (κ2) is 8.18. The summed E-state index contributed by atoms with van der Waals surface area (Å²) in [4.78, 5) is 17.8. The summed E-state index contributed by atoms with van der Waals surface area (Å²) in [7, 11) is 1.74. The minimum Gasteiger partial charge on any atom is -0.381 e. The first-order chi connectivity index (χ1) is 13.6. The van der Waals surface area contributed by atoms with Gasteiger partial charge in [0.2, 0.25) is 0 Å². The van der Waals surface area contributed by atoms with Gasteiger partial charge in [0.1, 0.15) is 5.82 Å². The molecule has 1 heterocycles. The third kappa shape index (κ3) is 3.65. The predicted molar refractivity (Wildman–Crippen MR) is 111 cm³/mol. The standard InChI is InChI=1S/C23H24FNO2S/c1-27-18-11-12-23(19-9-5-6-10-20(19)24)17(13-18)15-28-22(25-23)14-21(26)16-7-3-2-4-8-16/h2-10,17-18H,11-15H2,1H3/t17-,18+,23?/m0/s1. The Balaban J connectivity index is 1.68. The van der Waals surface area contributed by atoms with Crippen molar-refractivity contribution < 1.29 is 13.9 Å². The van der Waals surface area contributed by atoms with Crippen LogP contribution in [0.1, 0.15) is 41.6 Å². The average molecular weight is 398 g/mol. The van der Waals surface area contributed by atoms with Crippen molar-refractivity contribution in [2.24, 2.45) is 10.9 Å². The first-order valence-corrected chi connectivity index (χ1v) is 10.7. The number of aliphatic imine (C=N–C) groups is 1. The smallest absolute Gasteiger partial charge is 0.169 e. The Bertz CT molecular complexity index is 885. The number of ketones is 1. The summed E-state index contributed by atoms with van der Waals surface area (Å²) in [6.45, 7) is 0. The number of halogens is 1. The van der Waals surface area contributed by atoms with Crippen LogP contribution in [-0.2, 0) is 10.3 Å². The van der Waals surface area contributed by atoms with Crippen LogP contribution < -0.4 is 0 Å². The van der Waals surface area contributed by atoms with Gasteiger partial charge in [-0.3, -0.25) is 9.79 Å². The van der Waals surface area contributed by atoms with E-state index in [4.69, 9.17) is 9.73 Å². The number of benzene rings is 2. The van der Waals surface area contributed by atoms with Gasteiger partial charge < -0.3 is 4.74 Å². The normalized spacial score (nSPS) is 27.0. The zero-order valence-electron chi connectivity index (χ0n) is 15.9. The molecule has 2 aromatic carbocycles. The van der Waals surface area contributed by atoms with Crippen molar-refractivity contribution in [2.45, 2.75) is 37.3 Å². The quantitative estimate of drug-likeness (QED) is 0.647. The molecule has 0 saturated heterocycles. The van der Waals surface area contributed by atoms with Gasteiger partial charge >= 0.3 is 0 Å². The van der Waals surface area contributed by atoms with Crippen molar-refractivity contribution >= 4 is 22.6 Å². The number of rotatable bonds is 5. The Hall–Kier alpha value is -1.98. The molecule has 1 aliphatic heterocycles. The third-order valence-electron chi connectivity index (χ3n) is 5.93. The molecule has 1 saturated carbocycles. The highest BCUT2D eigenvalue weighted by Gasteiger charge is 2.48. The lowest BCUT2D eigenvalue weighted by Gasteiger charge is -2.46. The van der Waals surface area contributed by atoms with E-state index in [9.17, 15) is 9.18 Å². The third-order valence-corrected chi connectivity index (χ3v) is 7.06. The maximum Gasteiger partial charge on any atom is 0.169 e. The minimum atomic E-state index is -0.599. The van der Waals surface area contributed by atoms with E-state index < -0.39 is 5.54 Å². The molecule has 3 atom stereocenters. The number of Topliss-reactive ketones (excluding diaryl/α,β-unsaturated/α-hetero) is 1. The number of carbonyl (C=O) groups is 1. The van der Waals surface area contributed by atoms with Crippen molar-refractivity contribution in [3.05, 3.63) is 71.5 Å². The van der Waals surface area contributed by atoms with Crippen LogP contribution in [0.25, 0.3) is 0 Å². The van der Waals surface area contributed by atoms with Gasteiger partial charge in [0.25, 0.3) is 0 Å². The van der Waals surface area contributed by atoms with Gasteiger partial charge in [0, 0.05) is 29.9 Å². The molecule has 4 rings (SSSR count). The monoisotopic (exact) mass is 397 g/mol. The number of thioether (sulfide) groups is 1. The van der Waals surface area contributed by atoms with Gasteiger partial charge in [-0.1, -0.05) is 48.5 Å². The summed E-state index contributed by atoms with van der Waals surface area (Å²) < 4.78 is 20.4. The molecule has 5 heteroatoms. The van der Waals surface area contributed by atoms with Crippen molar-refractivity contribution in [3.63, 3.8) is 0 Å². The largest absolute Gasteiger partial charge is 0.381 e. The van der Waals surface area contributed by atoms with Gasteiger partial charge in [-0.05, 0) is 25.3 Å². The van der Waals surface area contributed by atoms with Gasteiger partial charge in [-0.15, -0.1) is 11.8 Å². The molecule has 146 valence electrons. The van der Waals surface area contributed by atoms with Crippen LogP contribution in [0.4, 0.5) is 4.39 Å². The molecule has 1 unspecified atom stereocenters. The molecule has 1 fully saturated rings. The second-order valence-corrected chi connectivity index (χ2v) is 8.61. The Labute approximate surface area is 169 Å². The van der Waals surface area contributed by atoms with Crippen molar-refractivity contribution in [1.29, 1.82) is 0 Å². The van der Waals surface area contributed by atoms with Crippen LogP contribution in [0, 0.1) is 11.7 Å². The van der Waals surface area contributed by atoms with E-state index in [1.165, 1.54) is 6.07 Å². The second-order valence-electron chi connectivity index (χ2n) is 7.52. The average Bonchev–Trinajstić information content (AvgIpc) is 2.74. The molecule has 2 aromatic rings. The highest BCUT2D eigenvalue weighted by atomic mass is 32.2. The molecule has 0 bridgehead atoms. The predicted octanol–water partition coefficient (Wildman–Crippen LogP) is 5.25. The summed E-state index contributed by atoms with van der Waals surface area (Å²) in [6.07, 6.45) is 2.90. The van der Waals surface area contributed by atoms with E-state index >= 15 is 0 Å². The number of hydrogen-bond donors (Lipinski definition) is 0. The van der Waals surface area contributed by atoms with E-state index in [-0.39, 0.29) is 30.0 Å². The van der Waals surface area contributed by atoms with Crippen LogP contribution >= 0.6 is 11.8 Å². The van der Waals surface area contributed by atoms with E-state index in [1.807, 2.05) is 42.5 Å². The molecular formula is C23H24FNO2S. The van der Waals surface area contributed by atoms with Crippen molar-refractivity contribution in [2.75, 3.05) is 12.9 Å². The van der Waals surface area contributed by atoms with Crippen LogP contribution in [0.3, 0.4) is 0 Å². The lowest BCUT2D eigenvalue weighted by Crippen LogP contribution is -2.45. The van der Waals surface area contributed by atoms with Gasteiger partial charge in [-0.25, -0.2) is 4.39 Å². The number of nitrogens with zero attached hydrogens (tertiary/aromatic N) is 1. The SMILES string of the molecule is CO[C@@H]1CCC2(c3ccccc3F)N=C(CC(=O)c3ccccc3)SC[C@@H]2C1. The fourth-order valence-electron chi connectivity index (χ4n) is 4.42. The first kappa shape index (κ1) is 19.3. The Morgan fingerprint density at radius 1 is 1.21 bits per heavy atom. The number of ether oxygens (including phenoxy) is 1. The molecule has 0 N–H and O–H groups in total. The van der Waals surface area contributed by atoms with E-state index in [1.54, 1.807) is 24.9 Å². The first-order valence-electron chi connectivity index (χ1n) is 9.70. The van der Waals surface area contributed by atoms with Crippen LogP contribution in [0.2, 0.25) is 0 Å². The van der Waals surface area contributed by atoms with Gasteiger partial charge in [0.15, 0.2) is 5.78 Å². The summed E-state index contributed by atoms with van der Waals surface area (Å²) in [6, 6.07) is 16.2. The summed E-state index contributed by atoms with van der Waals surface area (Å²) in [5.74, 6) is 0.866.